The molecule has 4 aliphatic rings. The van der Waals surface area contributed by atoms with E-state index in [1.165, 1.54) is 24.5 Å². The Morgan fingerprint density at radius 1 is 1.21 bits per heavy atom. The van der Waals surface area contributed by atoms with Crippen LogP contribution >= 0.6 is 34.5 Å². The van der Waals surface area contributed by atoms with Gasteiger partial charge >= 0.3 is 5.97 Å². The van der Waals surface area contributed by atoms with Crippen molar-refractivity contribution in [2.75, 3.05) is 25.1 Å². The van der Waals surface area contributed by atoms with Gasteiger partial charge < -0.3 is 18.9 Å². The average Bonchev–Trinajstić information content (AvgIpc) is 3.54. The molecule has 2 saturated carbocycles. The molecule has 2 bridgehead atoms. The molecule has 4 fully saturated rings. The Bertz CT molecular complexity index is 1570. The first-order valence-electron chi connectivity index (χ1n) is 12.9. The second-order valence-electron chi connectivity index (χ2n) is 10.5. The zero-order valence-electron chi connectivity index (χ0n) is 21.0. The quantitative estimate of drug-likeness (QED) is 0.213. The van der Waals surface area contributed by atoms with Crippen LogP contribution < -0.4 is 4.90 Å². The van der Waals surface area contributed by atoms with Gasteiger partial charge in [-0.3, -0.25) is 0 Å². The van der Waals surface area contributed by atoms with E-state index >= 15 is 0 Å². The minimum Gasteiger partial charge on any atom is -0.465 e. The van der Waals surface area contributed by atoms with Crippen LogP contribution in [0.5, 0.6) is 0 Å². The molecule has 2 unspecified atom stereocenters. The second kappa shape index (κ2) is 9.73. The lowest BCUT2D eigenvalue weighted by Gasteiger charge is -2.53. The largest absolute Gasteiger partial charge is 0.465 e. The van der Waals surface area contributed by atoms with Crippen LogP contribution in [0.1, 0.15) is 46.9 Å². The molecule has 0 amide bonds. The molecule has 0 radical (unpaired) electrons. The molecular formula is C28H24Cl2FN3O4S. The summed E-state index contributed by atoms with van der Waals surface area (Å²) in [6.07, 6.45) is 3.33. The topological polar surface area (TPSA) is 77.7 Å². The maximum absolute atomic E-state index is 14.7. The number of nitrogens with zero attached hydrogens (tertiary/aromatic N) is 3. The highest BCUT2D eigenvalue weighted by Gasteiger charge is 2.48. The maximum atomic E-state index is 14.7. The summed E-state index contributed by atoms with van der Waals surface area (Å²) < 4.78 is 32.4. The Morgan fingerprint density at radius 3 is 2.64 bits per heavy atom. The highest BCUT2D eigenvalue weighted by Crippen LogP contribution is 2.48. The van der Waals surface area contributed by atoms with Crippen LogP contribution in [0.2, 0.25) is 10.0 Å². The number of halogens is 3. The van der Waals surface area contributed by atoms with Crippen molar-refractivity contribution in [2.24, 2.45) is 11.8 Å². The molecule has 2 saturated heterocycles. The SMILES string of the molecule is COC(=O)c1cc(F)c2nc(N3CC4CC(C3)C4OCc3c(-c4c(Cl)cccc4Cl)noc3C3CC3)sc2c1. The molecule has 202 valence electrons. The van der Waals surface area contributed by atoms with E-state index in [4.69, 9.17) is 37.2 Å². The van der Waals surface area contributed by atoms with Crippen molar-refractivity contribution in [2.45, 2.75) is 37.9 Å². The smallest absolute Gasteiger partial charge is 0.338 e. The molecule has 0 spiro atoms. The molecule has 2 atom stereocenters. The standard InChI is InChI=1S/C28H24Cl2FN3O4S/c1-36-27(35)14-8-20(31)24-21(9-14)39-28(32-24)34-10-15-7-16(11-34)25(15)37-12-17-23(33-38-26(17)13-5-6-13)22-18(29)3-2-4-19(22)30/h2-4,8-9,13,15-16,25H,5-7,10-12H2,1H3. The van der Waals surface area contributed by atoms with Gasteiger partial charge in [-0.2, -0.15) is 0 Å². The third kappa shape index (κ3) is 4.40. The average molecular weight is 588 g/mol. The van der Waals surface area contributed by atoms with Gasteiger partial charge in [0.1, 0.15) is 17.0 Å². The maximum Gasteiger partial charge on any atom is 0.338 e. The van der Waals surface area contributed by atoms with E-state index in [1.54, 1.807) is 18.2 Å². The number of hydrogen-bond acceptors (Lipinski definition) is 8. The van der Waals surface area contributed by atoms with E-state index in [9.17, 15) is 9.18 Å². The lowest BCUT2D eigenvalue weighted by molar-refractivity contribution is -0.111. The number of anilines is 1. The number of carbonyl (C=O) groups is 1. The third-order valence-corrected chi connectivity index (χ3v) is 9.65. The molecule has 2 aromatic carbocycles. The number of thiazole rings is 1. The fraction of sp³-hybridized carbons (Fsp3) is 0.393. The van der Waals surface area contributed by atoms with Gasteiger partial charge in [0.05, 0.1) is 40.1 Å². The van der Waals surface area contributed by atoms with E-state index < -0.39 is 11.8 Å². The van der Waals surface area contributed by atoms with Crippen LogP contribution in [0.4, 0.5) is 9.52 Å². The number of piperidine rings is 2. The number of hydrogen-bond donors (Lipinski definition) is 0. The predicted octanol–water partition coefficient (Wildman–Crippen LogP) is 7.10. The molecule has 11 heteroatoms. The van der Waals surface area contributed by atoms with E-state index in [2.05, 4.69) is 15.0 Å². The Balaban J connectivity index is 1.08. The molecular weight excluding hydrogens is 564 g/mol. The van der Waals surface area contributed by atoms with Crippen molar-refractivity contribution in [1.29, 1.82) is 0 Å². The van der Waals surface area contributed by atoms with Crippen LogP contribution in [0.25, 0.3) is 21.5 Å². The second-order valence-corrected chi connectivity index (χ2v) is 12.3. The number of fused-ring (bicyclic) bond motifs is 3. The fourth-order valence-corrected chi connectivity index (χ4v) is 7.46. The summed E-state index contributed by atoms with van der Waals surface area (Å²) >= 11 is 14.4. The van der Waals surface area contributed by atoms with Crippen LogP contribution in [0, 0.1) is 17.7 Å². The number of ether oxygens (including phenoxy) is 2. The fourth-order valence-electron chi connectivity index (χ4n) is 5.85. The molecule has 2 aliphatic heterocycles. The summed E-state index contributed by atoms with van der Waals surface area (Å²) in [6, 6.07) is 8.23. The van der Waals surface area contributed by atoms with Crippen LogP contribution in [0.15, 0.2) is 34.9 Å². The van der Waals surface area contributed by atoms with Crippen molar-refractivity contribution in [3.63, 3.8) is 0 Å². The van der Waals surface area contributed by atoms with Crippen LogP contribution in [0.3, 0.4) is 0 Å². The number of aromatic nitrogens is 2. The van der Waals surface area contributed by atoms with Crippen LogP contribution in [-0.4, -0.2) is 42.4 Å². The van der Waals surface area contributed by atoms with Crippen molar-refractivity contribution >= 4 is 55.9 Å². The Labute approximate surface area is 237 Å². The van der Waals surface area contributed by atoms with E-state index in [0.717, 1.165) is 48.8 Å². The number of methoxy groups -OCH3 is 1. The summed E-state index contributed by atoms with van der Waals surface area (Å²) in [4.78, 5) is 18.7. The van der Waals surface area contributed by atoms with E-state index in [-0.39, 0.29) is 17.2 Å². The zero-order valence-corrected chi connectivity index (χ0v) is 23.3. The van der Waals surface area contributed by atoms with E-state index in [0.29, 0.717) is 50.4 Å². The number of rotatable bonds is 7. The van der Waals surface area contributed by atoms with Crippen molar-refractivity contribution < 1.29 is 23.2 Å². The Morgan fingerprint density at radius 2 is 1.95 bits per heavy atom. The lowest BCUT2D eigenvalue weighted by atomic mass is 9.68. The first kappa shape index (κ1) is 25.3. The zero-order chi connectivity index (χ0) is 26.8. The molecule has 7 nitrogen and oxygen atoms in total. The molecule has 0 N–H and O–H groups in total. The van der Waals surface area contributed by atoms with Crippen LogP contribution in [-0.2, 0) is 16.1 Å². The van der Waals surface area contributed by atoms with Gasteiger partial charge in [0.2, 0.25) is 0 Å². The Hall–Kier alpha value is -2.72. The van der Waals surface area contributed by atoms with Gasteiger partial charge in [-0.15, -0.1) is 0 Å². The van der Waals surface area contributed by atoms with Gasteiger partial charge in [0.15, 0.2) is 10.9 Å². The summed E-state index contributed by atoms with van der Waals surface area (Å²) in [7, 11) is 1.28. The number of carbonyl (C=O) groups excluding carboxylic acids is 1. The summed E-state index contributed by atoms with van der Waals surface area (Å²) in [6.45, 7) is 1.93. The first-order valence-corrected chi connectivity index (χ1v) is 14.5. The first-order chi connectivity index (χ1) is 18.9. The van der Waals surface area contributed by atoms with Gasteiger partial charge in [-0.25, -0.2) is 14.2 Å². The predicted molar refractivity (Wildman–Crippen MR) is 147 cm³/mol. The minimum atomic E-state index is -0.567. The van der Waals surface area contributed by atoms with Crippen molar-refractivity contribution in [3.8, 4) is 11.3 Å². The van der Waals surface area contributed by atoms with Gasteiger partial charge in [-0.1, -0.05) is 45.8 Å². The highest BCUT2D eigenvalue weighted by atomic mass is 35.5. The third-order valence-electron chi connectivity index (χ3n) is 7.96. The highest BCUT2D eigenvalue weighted by molar-refractivity contribution is 7.22. The summed E-state index contributed by atoms with van der Waals surface area (Å²) in [5.74, 6) is 0.818. The Kier molecular flexibility index (Phi) is 6.30. The molecule has 2 aliphatic carbocycles. The molecule has 2 aromatic heterocycles. The van der Waals surface area contributed by atoms with Crippen molar-refractivity contribution in [3.05, 3.63) is 63.1 Å². The monoisotopic (exact) mass is 587 g/mol. The van der Waals surface area contributed by atoms with Gasteiger partial charge in [0.25, 0.3) is 0 Å². The lowest BCUT2D eigenvalue weighted by Crippen LogP contribution is -2.59. The summed E-state index contributed by atoms with van der Waals surface area (Å²) in [5, 5.41) is 6.18. The number of benzene rings is 2. The van der Waals surface area contributed by atoms with Gasteiger partial charge in [-0.05, 0) is 43.5 Å². The minimum absolute atomic E-state index is 0.106. The molecule has 4 aromatic rings. The van der Waals surface area contributed by atoms with E-state index in [1.807, 2.05) is 6.07 Å². The normalized spacial score (nSPS) is 22.3. The van der Waals surface area contributed by atoms with Gasteiger partial charge in [0, 0.05) is 42.0 Å². The van der Waals surface area contributed by atoms with Crippen molar-refractivity contribution in [1.82, 2.24) is 10.1 Å². The summed E-state index contributed by atoms with van der Waals surface area (Å²) in [5.41, 5.74) is 2.72. The molecule has 8 rings (SSSR count). The molecule has 4 heterocycles. The number of esters is 1. The molecule has 39 heavy (non-hydrogen) atoms.